The fourth-order valence-corrected chi connectivity index (χ4v) is 3.96. The number of ether oxygens (including phenoxy) is 1. The van der Waals surface area contributed by atoms with Crippen molar-refractivity contribution in [3.63, 3.8) is 0 Å². The summed E-state index contributed by atoms with van der Waals surface area (Å²) in [5.41, 5.74) is 3.00. The molecule has 7 heteroatoms. The van der Waals surface area contributed by atoms with Crippen LogP contribution < -0.4 is 10.4 Å². The largest absolute Gasteiger partial charge is 0.491 e. The van der Waals surface area contributed by atoms with E-state index in [4.69, 9.17) is 4.74 Å². The molecule has 1 heterocycles. The van der Waals surface area contributed by atoms with Crippen molar-refractivity contribution >= 4 is 11.8 Å². The molecule has 0 aliphatic rings. The Bertz CT molecular complexity index is 1140. The second kappa shape index (κ2) is 10.1. The number of thioether (sulfide) groups is 1. The Morgan fingerprint density at radius 3 is 2.29 bits per heavy atom. The SMILES string of the molecule is O=c1[nH]nc(SCC(O)COc2ccc(-c3ccccc3)cc2)n1Cc1ccccc1. The molecule has 2 N–H and O–H groups in total. The average molecular weight is 434 g/mol. The molecule has 158 valence electrons. The lowest BCUT2D eigenvalue weighted by atomic mass is 10.1. The molecule has 0 saturated carbocycles. The van der Waals surface area contributed by atoms with E-state index in [2.05, 4.69) is 22.3 Å². The van der Waals surface area contributed by atoms with Gasteiger partial charge in [-0.2, -0.15) is 0 Å². The lowest BCUT2D eigenvalue weighted by Crippen LogP contribution is -2.21. The zero-order valence-corrected chi connectivity index (χ0v) is 17.7. The minimum atomic E-state index is -0.698. The summed E-state index contributed by atoms with van der Waals surface area (Å²) in [5, 5.41) is 17.4. The summed E-state index contributed by atoms with van der Waals surface area (Å²) in [6.07, 6.45) is -0.698. The van der Waals surface area contributed by atoms with Gasteiger partial charge in [0.2, 0.25) is 0 Å². The predicted molar refractivity (Wildman–Crippen MR) is 122 cm³/mol. The Balaban J connectivity index is 1.29. The highest BCUT2D eigenvalue weighted by Crippen LogP contribution is 2.22. The molecule has 0 spiro atoms. The van der Waals surface area contributed by atoms with Crippen molar-refractivity contribution in [1.82, 2.24) is 14.8 Å². The molecule has 0 aliphatic heterocycles. The topological polar surface area (TPSA) is 80.1 Å². The van der Waals surface area contributed by atoms with E-state index in [-0.39, 0.29) is 12.3 Å². The first-order valence-corrected chi connectivity index (χ1v) is 11.0. The molecule has 0 amide bonds. The number of aromatic amines is 1. The van der Waals surface area contributed by atoms with Crippen LogP contribution >= 0.6 is 11.8 Å². The Labute approximate surface area is 184 Å². The second-order valence-corrected chi connectivity index (χ2v) is 8.04. The highest BCUT2D eigenvalue weighted by Gasteiger charge is 2.13. The Kier molecular flexibility index (Phi) is 6.86. The standard InChI is InChI=1S/C24H23N3O3S/c28-21(16-30-22-13-11-20(12-14-22)19-9-5-2-6-10-19)17-31-24-26-25-23(29)27(24)15-18-7-3-1-4-8-18/h1-14,21,28H,15-17H2,(H,25,29). The van der Waals surface area contributed by atoms with Crippen LogP contribution in [0.1, 0.15) is 5.56 Å². The molecule has 0 bridgehead atoms. The van der Waals surface area contributed by atoms with Gasteiger partial charge in [-0.05, 0) is 28.8 Å². The number of aromatic nitrogens is 3. The number of benzene rings is 3. The maximum Gasteiger partial charge on any atom is 0.344 e. The minimum absolute atomic E-state index is 0.158. The fraction of sp³-hybridized carbons (Fsp3) is 0.167. The van der Waals surface area contributed by atoms with Gasteiger partial charge in [-0.25, -0.2) is 9.89 Å². The number of aliphatic hydroxyl groups is 1. The molecule has 0 saturated heterocycles. The maximum absolute atomic E-state index is 12.1. The molecule has 1 atom stereocenters. The molecule has 6 nitrogen and oxygen atoms in total. The van der Waals surface area contributed by atoms with Crippen LogP contribution in [0.3, 0.4) is 0 Å². The quantitative estimate of drug-likeness (QED) is 0.392. The molecular formula is C24H23N3O3S. The smallest absolute Gasteiger partial charge is 0.344 e. The summed E-state index contributed by atoms with van der Waals surface area (Å²) in [5.74, 6) is 1.06. The van der Waals surface area contributed by atoms with E-state index in [1.165, 1.54) is 11.8 Å². The molecular weight excluding hydrogens is 410 g/mol. The second-order valence-electron chi connectivity index (χ2n) is 7.05. The van der Waals surface area contributed by atoms with Crippen molar-refractivity contribution in [2.45, 2.75) is 17.8 Å². The summed E-state index contributed by atoms with van der Waals surface area (Å²) in [7, 11) is 0. The Morgan fingerprint density at radius 1 is 0.935 bits per heavy atom. The van der Waals surface area contributed by atoms with Crippen LogP contribution in [0.5, 0.6) is 5.75 Å². The predicted octanol–water partition coefficient (Wildman–Crippen LogP) is 3.82. The lowest BCUT2D eigenvalue weighted by Gasteiger charge is -2.13. The zero-order valence-electron chi connectivity index (χ0n) is 16.8. The molecule has 0 radical (unpaired) electrons. The first-order valence-electron chi connectivity index (χ1n) is 9.97. The van der Waals surface area contributed by atoms with Gasteiger partial charge in [0.1, 0.15) is 12.4 Å². The third-order valence-electron chi connectivity index (χ3n) is 4.72. The van der Waals surface area contributed by atoms with Crippen molar-refractivity contribution in [2.75, 3.05) is 12.4 Å². The fourth-order valence-electron chi connectivity index (χ4n) is 3.10. The van der Waals surface area contributed by atoms with Gasteiger partial charge < -0.3 is 9.84 Å². The van der Waals surface area contributed by atoms with E-state index in [0.29, 0.717) is 23.2 Å². The van der Waals surface area contributed by atoms with E-state index in [0.717, 1.165) is 16.7 Å². The third kappa shape index (κ3) is 5.65. The number of nitrogens with one attached hydrogen (secondary N) is 1. The van der Waals surface area contributed by atoms with Gasteiger partial charge in [0.15, 0.2) is 5.16 Å². The van der Waals surface area contributed by atoms with Crippen molar-refractivity contribution in [3.05, 3.63) is 101 Å². The van der Waals surface area contributed by atoms with Crippen LogP contribution in [0.4, 0.5) is 0 Å². The van der Waals surface area contributed by atoms with Gasteiger partial charge in [0, 0.05) is 5.75 Å². The van der Waals surface area contributed by atoms with Crippen LogP contribution in [-0.4, -0.2) is 38.3 Å². The molecule has 1 unspecified atom stereocenters. The summed E-state index contributed by atoms with van der Waals surface area (Å²) in [4.78, 5) is 12.1. The molecule has 0 fully saturated rings. The van der Waals surface area contributed by atoms with Gasteiger partial charge in [0.25, 0.3) is 0 Å². The van der Waals surface area contributed by atoms with Gasteiger partial charge in [-0.3, -0.25) is 4.57 Å². The van der Waals surface area contributed by atoms with Crippen molar-refractivity contribution in [2.24, 2.45) is 0 Å². The number of hydrogen-bond donors (Lipinski definition) is 2. The first kappa shape index (κ1) is 21.0. The van der Waals surface area contributed by atoms with Crippen LogP contribution in [0, 0.1) is 0 Å². The summed E-state index contributed by atoms with van der Waals surface area (Å²) < 4.78 is 7.28. The molecule has 4 aromatic rings. The van der Waals surface area contributed by atoms with Crippen LogP contribution in [-0.2, 0) is 6.54 Å². The molecule has 31 heavy (non-hydrogen) atoms. The van der Waals surface area contributed by atoms with E-state index < -0.39 is 6.10 Å². The van der Waals surface area contributed by atoms with Gasteiger partial charge in [-0.1, -0.05) is 84.6 Å². The van der Waals surface area contributed by atoms with Gasteiger partial charge in [0.05, 0.1) is 12.6 Å². The average Bonchev–Trinajstić information content (AvgIpc) is 3.17. The van der Waals surface area contributed by atoms with Crippen LogP contribution in [0.2, 0.25) is 0 Å². The number of rotatable bonds is 9. The lowest BCUT2D eigenvalue weighted by molar-refractivity contribution is 0.126. The van der Waals surface area contributed by atoms with Gasteiger partial charge >= 0.3 is 5.69 Å². The summed E-state index contributed by atoms with van der Waals surface area (Å²) in [6.45, 7) is 0.587. The highest BCUT2D eigenvalue weighted by molar-refractivity contribution is 7.99. The number of hydrogen-bond acceptors (Lipinski definition) is 5. The summed E-state index contributed by atoms with van der Waals surface area (Å²) >= 11 is 1.32. The summed E-state index contributed by atoms with van der Waals surface area (Å²) in [6, 6.07) is 27.6. The first-order chi connectivity index (χ1) is 15.2. The number of nitrogens with zero attached hydrogens (tertiary/aromatic N) is 2. The minimum Gasteiger partial charge on any atom is -0.491 e. The monoisotopic (exact) mass is 433 g/mol. The zero-order chi connectivity index (χ0) is 21.5. The van der Waals surface area contributed by atoms with E-state index in [9.17, 15) is 9.90 Å². The van der Waals surface area contributed by atoms with Crippen molar-refractivity contribution in [3.8, 4) is 16.9 Å². The molecule has 3 aromatic carbocycles. The normalized spacial score (nSPS) is 11.9. The van der Waals surface area contributed by atoms with E-state index in [1.54, 1.807) is 4.57 Å². The molecule has 1 aromatic heterocycles. The Hall–Kier alpha value is -3.29. The number of H-pyrrole nitrogens is 1. The molecule has 0 aliphatic carbocycles. The van der Waals surface area contributed by atoms with Gasteiger partial charge in [-0.15, -0.1) is 5.10 Å². The maximum atomic E-state index is 12.1. The Morgan fingerprint density at radius 2 is 1.58 bits per heavy atom. The van der Waals surface area contributed by atoms with Crippen molar-refractivity contribution < 1.29 is 9.84 Å². The van der Waals surface area contributed by atoms with E-state index >= 15 is 0 Å². The van der Waals surface area contributed by atoms with Crippen molar-refractivity contribution in [1.29, 1.82) is 0 Å². The molecule has 4 rings (SSSR count). The van der Waals surface area contributed by atoms with Crippen LogP contribution in [0.25, 0.3) is 11.1 Å². The van der Waals surface area contributed by atoms with Crippen LogP contribution in [0.15, 0.2) is 94.9 Å². The third-order valence-corrected chi connectivity index (χ3v) is 5.84. The highest BCUT2D eigenvalue weighted by atomic mass is 32.2. The van der Waals surface area contributed by atoms with E-state index in [1.807, 2.05) is 72.8 Å². The number of aliphatic hydroxyl groups excluding tert-OH is 1.